The van der Waals surface area contributed by atoms with Crippen LogP contribution in [0.4, 0.5) is 0 Å². The van der Waals surface area contributed by atoms with Crippen LogP contribution in [0, 0.1) is 5.92 Å². The van der Waals surface area contributed by atoms with Crippen LogP contribution >= 0.6 is 0 Å². The van der Waals surface area contributed by atoms with Crippen LogP contribution < -0.4 is 0 Å². The lowest BCUT2D eigenvalue weighted by Gasteiger charge is -2.07. The predicted molar refractivity (Wildman–Crippen MR) is 69.5 cm³/mol. The molecule has 1 heteroatoms. The summed E-state index contributed by atoms with van der Waals surface area (Å²) in [7, 11) is 0. The van der Waals surface area contributed by atoms with Gasteiger partial charge in [-0.3, -0.25) is 4.79 Å². The third kappa shape index (κ3) is 6.81. The van der Waals surface area contributed by atoms with Gasteiger partial charge >= 0.3 is 0 Å². The number of rotatable bonds is 0. The fourth-order valence-corrected chi connectivity index (χ4v) is 2.23. The Kier molecular flexibility index (Phi) is 7.20. The van der Waals surface area contributed by atoms with Crippen molar-refractivity contribution in [2.45, 2.75) is 71.1 Å². The van der Waals surface area contributed by atoms with Crippen molar-refractivity contribution in [3.05, 3.63) is 12.2 Å². The van der Waals surface area contributed by atoms with E-state index >= 15 is 0 Å². The van der Waals surface area contributed by atoms with Crippen molar-refractivity contribution in [2.75, 3.05) is 0 Å². The zero-order chi connectivity index (χ0) is 11.6. The molecular weight excluding hydrogens is 196 g/mol. The van der Waals surface area contributed by atoms with Crippen molar-refractivity contribution in [1.29, 1.82) is 0 Å². The van der Waals surface area contributed by atoms with E-state index in [1.807, 2.05) is 0 Å². The van der Waals surface area contributed by atoms with Gasteiger partial charge in [-0.1, -0.05) is 44.8 Å². The molecule has 1 atom stereocenters. The third-order valence-electron chi connectivity index (χ3n) is 3.42. The minimum absolute atomic E-state index is 0.470. The van der Waals surface area contributed by atoms with Gasteiger partial charge in [-0.05, 0) is 31.6 Å². The highest BCUT2D eigenvalue weighted by atomic mass is 16.1. The van der Waals surface area contributed by atoms with E-state index in [0.29, 0.717) is 11.7 Å². The number of carbonyl (C=O) groups is 1. The smallest absolute Gasteiger partial charge is 0.132 e. The quantitative estimate of drug-likeness (QED) is 0.545. The van der Waals surface area contributed by atoms with Gasteiger partial charge in [-0.25, -0.2) is 0 Å². The van der Waals surface area contributed by atoms with Crippen molar-refractivity contribution in [3.8, 4) is 0 Å². The standard InChI is InChI=1S/C15H26O/c1-14-10-8-6-4-2-3-5-7-9-11-15(16)13-12-14/h8,10,14H,2-7,9,11-13H2,1H3/b10-8-. The molecule has 0 saturated carbocycles. The number of ketones is 1. The number of allylic oxidation sites excluding steroid dienone is 2. The first-order valence-electron chi connectivity index (χ1n) is 6.97. The van der Waals surface area contributed by atoms with Crippen LogP contribution in [0.25, 0.3) is 0 Å². The van der Waals surface area contributed by atoms with Crippen LogP contribution in [-0.4, -0.2) is 5.78 Å². The molecule has 0 saturated heterocycles. The summed E-state index contributed by atoms with van der Waals surface area (Å²) in [6, 6.07) is 0. The fourth-order valence-electron chi connectivity index (χ4n) is 2.23. The Hall–Kier alpha value is -0.590. The summed E-state index contributed by atoms with van der Waals surface area (Å²) < 4.78 is 0. The van der Waals surface area contributed by atoms with E-state index in [-0.39, 0.29) is 0 Å². The largest absolute Gasteiger partial charge is 0.300 e. The van der Waals surface area contributed by atoms with E-state index in [1.54, 1.807) is 0 Å². The maximum Gasteiger partial charge on any atom is 0.132 e. The zero-order valence-corrected chi connectivity index (χ0v) is 10.7. The van der Waals surface area contributed by atoms with Gasteiger partial charge in [0, 0.05) is 12.8 Å². The van der Waals surface area contributed by atoms with E-state index in [9.17, 15) is 4.79 Å². The first-order valence-corrected chi connectivity index (χ1v) is 6.97. The summed E-state index contributed by atoms with van der Waals surface area (Å²) in [5, 5.41) is 0. The van der Waals surface area contributed by atoms with Crippen LogP contribution in [0.15, 0.2) is 12.2 Å². The Morgan fingerprint density at radius 3 is 2.50 bits per heavy atom. The van der Waals surface area contributed by atoms with E-state index < -0.39 is 0 Å². The van der Waals surface area contributed by atoms with Crippen LogP contribution in [0.1, 0.15) is 71.1 Å². The van der Waals surface area contributed by atoms with Gasteiger partial charge in [0.25, 0.3) is 0 Å². The summed E-state index contributed by atoms with van der Waals surface area (Å²) in [6.07, 6.45) is 16.2. The maximum atomic E-state index is 11.6. The number of hydrogen-bond donors (Lipinski definition) is 0. The van der Waals surface area contributed by atoms with Crippen LogP contribution in [0.5, 0.6) is 0 Å². The number of hydrogen-bond acceptors (Lipinski definition) is 1. The van der Waals surface area contributed by atoms with Crippen molar-refractivity contribution >= 4 is 5.78 Å². The molecule has 0 spiro atoms. The highest BCUT2D eigenvalue weighted by Gasteiger charge is 2.05. The van der Waals surface area contributed by atoms with Gasteiger partial charge in [0.05, 0.1) is 0 Å². The topological polar surface area (TPSA) is 17.1 Å². The van der Waals surface area contributed by atoms with Gasteiger partial charge in [-0.15, -0.1) is 0 Å². The molecule has 1 nitrogen and oxygen atoms in total. The molecule has 0 fully saturated rings. The molecule has 0 radical (unpaired) electrons. The summed E-state index contributed by atoms with van der Waals surface area (Å²) in [5.74, 6) is 1.05. The van der Waals surface area contributed by atoms with Crippen molar-refractivity contribution in [2.24, 2.45) is 5.92 Å². The molecule has 1 rings (SSSR count). The van der Waals surface area contributed by atoms with E-state index in [4.69, 9.17) is 0 Å². The van der Waals surface area contributed by atoms with Gasteiger partial charge in [0.2, 0.25) is 0 Å². The molecule has 0 amide bonds. The minimum atomic E-state index is 0.470. The third-order valence-corrected chi connectivity index (χ3v) is 3.42. The van der Waals surface area contributed by atoms with Crippen molar-refractivity contribution in [1.82, 2.24) is 0 Å². The SMILES string of the molecule is CC1/C=C\CCCCCCCCC(=O)CC1. The molecule has 0 bridgehead atoms. The molecule has 16 heavy (non-hydrogen) atoms. The molecule has 0 aromatic rings. The Labute approximate surface area is 100 Å². The van der Waals surface area contributed by atoms with Gasteiger partial charge in [0.15, 0.2) is 0 Å². The highest BCUT2D eigenvalue weighted by molar-refractivity contribution is 5.78. The van der Waals surface area contributed by atoms with E-state index in [0.717, 1.165) is 25.7 Å². The summed E-state index contributed by atoms with van der Waals surface area (Å²) in [5.41, 5.74) is 0. The second kappa shape index (κ2) is 8.55. The molecule has 0 N–H and O–H groups in total. The highest BCUT2D eigenvalue weighted by Crippen LogP contribution is 2.14. The van der Waals surface area contributed by atoms with E-state index in [1.165, 1.54) is 38.5 Å². The first kappa shape index (κ1) is 13.5. The monoisotopic (exact) mass is 222 g/mol. The Bertz CT molecular complexity index is 217. The second-order valence-electron chi connectivity index (χ2n) is 5.14. The minimum Gasteiger partial charge on any atom is -0.300 e. The molecule has 0 aliphatic heterocycles. The lowest BCUT2D eigenvalue weighted by atomic mass is 9.98. The molecule has 1 aliphatic carbocycles. The molecular formula is C15H26O. The molecule has 0 heterocycles. The molecule has 1 aliphatic rings. The molecule has 1 unspecified atom stereocenters. The lowest BCUT2D eigenvalue weighted by molar-refractivity contribution is -0.119. The normalized spacial score (nSPS) is 28.3. The molecule has 0 aromatic carbocycles. The van der Waals surface area contributed by atoms with Crippen LogP contribution in [0.2, 0.25) is 0 Å². The Morgan fingerprint density at radius 2 is 1.69 bits per heavy atom. The lowest BCUT2D eigenvalue weighted by Crippen LogP contribution is -2.01. The number of Topliss-reactive ketones (excluding diaryl/α,β-unsaturated/α-hetero) is 1. The van der Waals surface area contributed by atoms with Gasteiger partial charge in [-0.2, -0.15) is 0 Å². The summed E-state index contributed by atoms with van der Waals surface area (Å²) >= 11 is 0. The van der Waals surface area contributed by atoms with Gasteiger partial charge in [0.1, 0.15) is 5.78 Å². The fraction of sp³-hybridized carbons (Fsp3) is 0.800. The average molecular weight is 222 g/mol. The first-order chi connectivity index (χ1) is 7.79. The van der Waals surface area contributed by atoms with Gasteiger partial charge < -0.3 is 0 Å². The number of carbonyl (C=O) groups excluding carboxylic acids is 1. The molecule has 0 aromatic heterocycles. The average Bonchev–Trinajstić information content (AvgIpc) is 2.28. The zero-order valence-electron chi connectivity index (χ0n) is 10.7. The predicted octanol–water partition coefficient (Wildman–Crippen LogP) is 4.66. The van der Waals surface area contributed by atoms with Crippen LogP contribution in [-0.2, 0) is 4.79 Å². The van der Waals surface area contributed by atoms with Crippen LogP contribution in [0.3, 0.4) is 0 Å². The van der Waals surface area contributed by atoms with Crippen molar-refractivity contribution < 1.29 is 4.79 Å². The summed E-state index contributed by atoms with van der Waals surface area (Å²) in [6.45, 7) is 2.22. The van der Waals surface area contributed by atoms with E-state index in [2.05, 4.69) is 19.1 Å². The second-order valence-corrected chi connectivity index (χ2v) is 5.14. The Morgan fingerprint density at radius 1 is 1.00 bits per heavy atom. The summed E-state index contributed by atoms with van der Waals surface area (Å²) in [4.78, 5) is 11.6. The maximum absolute atomic E-state index is 11.6. The molecule has 92 valence electrons. The Balaban J connectivity index is 2.32. The van der Waals surface area contributed by atoms with Crippen molar-refractivity contribution in [3.63, 3.8) is 0 Å².